The van der Waals surface area contributed by atoms with Crippen LogP contribution in [0.2, 0.25) is 0 Å². The van der Waals surface area contributed by atoms with E-state index in [2.05, 4.69) is 63.4 Å². The number of hydrogen-bond acceptors (Lipinski definition) is 3. The third-order valence-electron chi connectivity index (χ3n) is 8.34. The van der Waals surface area contributed by atoms with E-state index < -0.39 is 0 Å². The first-order valence-corrected chi connectivity index (χ1v) is 12.8. The second-order valence-electron chi connectivity index (χ2n) is 10.9. The van der Waals surface area contributed by atoms with Gasteiger partial charge in [-0.15, -0.1) is 0 Å². The highest BCUT2D eigenvalue weighted by Crippen LogP contribution is 2.60. The fourth-order valence-electron chi connectivity index (χ4n) is 6.35. The summed E-state index contributed by atoms with van der Waals surface area (Å²) >= 11 is 0. The second-order valence-corrected chi connectivity index (χ2v) is 10.9. The molecule has 0 radical (unpaired) electrons. The van der Waals surface area contributed by atoms with Crippen LogP contribution in [0, 0.1) is 17.9 Å². The van der Waals surface area contributed by atoms with Gasteiger partial charge in [-0.05, 0) is 68.2 Å². The smallest absolute Gasteiger partial charge is 0.233 e. The molecule has 7 heteroatoms. The number of anilines is 1. The third kappa shape index (κ3) is 3.36. The Balaban J connectivity index is 1.24. The Morgan fingerprint density at radius 1 is 1.14 bits per heavy atom. The van der Waals surface area contributed by atoms with Crippen LogP contribution in [0.15, 0.2) is 67.1 Å². The Morgan fingerprint density at radius 3 is 2.76 bits per heavy atom. The van der Waals surface area contributed by atoms with Crippen LogP contribution in [-0.4, -0.2) is 52.1 Å². The molecule has 1 saturated carbocycles. The molecular formula is C30H28N6O. The molecule has 3 aliphatic rings. The van der Waals surface area contributed by atoms with Gasteiger partial charge in [0.15, 0.2) is 11.5 Å². The molecule has 4 heterocycles. The number of fused-ring (bicyclic) bond motifs is 5. The number of rotatable bonds is 4. The average Bonchev–Trinajstić information content (AvgIpc) is 3.21. The minimum Gasteiger partial charge on any atom is -0.340 e. The first-order valence-electron chi connectivity index (χ1n) is 12.8. The van der Waals surface area contributed by atoms with Crippen molar-refractivity contribution in [3.63, 3.8) is 0 Å². The molecule has 0 N–H and O–H groups in total. The molecule has 7 nitrogen and oxygen atoms in total. The van der Waals surface area contributed by atoms with Gasteiger partial charge in [-0.25, -0.2) is 9.83 Å². The topological polar surface area (TPSA) is 50.7 Å². The van der Waals surface area contributed by atoms with Crippen molar-refractivity contribution in [1.82, 2.24) is 19.0 Å². The summed E-state index contributed by atoms with van der Waals surface area (Å²) in [6.45, 7) is 9.68. The minimum atomic E-state index is -0.153. The van der Waals surface area contributed by atoms with Gasteiger partial charge in [-0.3, -0.25) is 9.36 Å². The average molecular weight is 489 g/mol. The van der Waals surface area contributed by atoms with E-state index in [0.29, 0.717) is 24.1 Å². The van der Waals surface area contributed by atoms with E-state index in [1.807, 2.05) is 41.6 Å². The molecule has 1 aliphatic carbocycles. The van der Waals surface area contributed by atoms with Gasteiger partial charge >= 0.3 is 0 Å². The van der Waals surface area contributed by atoms with E-state index in [9.17, 15) is 4.79 Å². The highest BCUT2D eigenvalue weighted by molar-refractivity contribution is 6.02. The lowest BCUT2D eigenvalue weighted by atomic mass is 10.0. The zero-order valence-corrected chi connectivity index (χ0v) is 21.1. The minimum absolute atomic E-state index is 0.153. The molecule has 2 unspecified atom stereocenters. The SMILES string of the molecule is [C-]#[N+]c1ccc(-c2cc3n(c2)Cc2cc(N4CCC5(CC5CN(C)C)C4=O)ccc2-n2ccnc2-3)cc1. The molecule has 184 valence electrons. The molecule has 37 heavy (non-hydrogen) atoms. The normalized spacial score (nSPS) is 21.5. The third-order valence-corrected chi connectivity index (χ3v) is 8.34. The van der Waals surface area contributed by atoms with Crippen molar-refractivity contribution in [2.24, 2.45) is 11.3 Å². The maximum Gasteiger partial charge on any atom is 0.233 e. The fourth-order valence-corrected chi connectivity index (χ4v) is 6.35. The molecule has 2 aromatic heterocycles. The second kappa shape index (κ2) is 7.92. The number of benzene rings is 2. The van der Waals surface area contributed by atoms with Crippen LogP contribution >= 0.6 is 0 Å². The van der Waals surface area contributed by atoms with Crippen LogP contribution in [0.25, 0.3) is 33.2 Å². The summed E-state index contributed by atoms with van der Waals surface area (Å²) < 4.78 is 4.39. The van der Waals surface area contributed by atoms with E-state index in [-0.39, 0.29) is 5.41 Å². The van der Waals surface area contributed by atoms with Gasteiger partial charge in [0.25, 0.3) is 0 Å². The lowest BCUT2D eigenvalue weighted by Crippen LogP contribution is -2.30. The van der Waals surface area contributed by atoms with Crippen molar-refractivity contribution in [1.29, 1.82) is 0 Å². The Labute approximate surface area is 216 Å². The Morgan fingerprint density at radius 2 is 1.97 bits per heavy atom. The molecule has 2 fully saturated rings. The molecule has 1 saturated heterocycles. The van der Waals surface area contributed by atoms with Crippen molar-refractivity contribution in [2.45, 2.75) is 19.4 Å². The van der Waals surface area contributed by atoms with Crippen molar-refractivity contribution >= 4 is 17.3 Å². The quantitative estimate of drug-likeness (QED) is 0.326. The molecule has 1 spiro atoms. The lowest BCUT2D eigenvalue weighted by molar-refractivity contribution is -0.122. The molecule has 1 amide bonds. The standard InChI is InChI=1S/C30H28N6O/c1-31-24-6-4-20(5-7-24)21-15-27-28-32-11-13-36(28)26-9-8-25(14-22(26)18-34(27)17-21)35-12-10-30(29(35)37)16-23(30)19-33(2)3/h4-9,11,13-15,17,23H,10,12,16,18-19H2,2-3H3. The Hall–Kier alpha value is -4.15. The summed E-state index contributed by atoms with van der Waals surface area (Å²) in [5, 5.41) is 0. The van der Waals surface area contributed by atoms with E-state index in [1.54, 1.807) is 0 Å². The predicted octanol–water partition coefficient (Wildman–Crippen LogP) is 5.22. The molecule has 2 aliphatic heterocycles. The number of carbonyl (C=O) groups is 1. The molecule has 0 bridgehead atoms. The number of carbonyl (C=O) groups excluding carboxylic acids is 1. The van der Waals surface area contributed by atoms with Gasteiger partial charge in [0.1, 0.15) is 0 Å². The van der Waals surface area contributed by atoms with E-state index >= 15 is 0 Å². The first-order chi connectivity index (χ1) is 18.0. The number of nitrogens with zero attached hydrogens (tertiary/aromatic N) is 6. The predicted molar refractivity (Wildman–Crippen MR) is 144 cm³/mol. The molecule has 2 atom stereocenters. The van der Waals surface area contributed by atoms with Crippen LogP contribution in [0.4, 0.5) is 11.4 Å². The summed E-state index contributed by atoms with van der Waals surface area (Å²) in [5.41, 5.74) is 6.95. The Kier molecular flexibility index (Phi) is 4.73. The van der Waals surface area contributed by atoms with E-state index in [0.717, 1.165) is 65.5 Å². The van der Waals surface area contributed by atoms with Crippen LogP contribution in [0.5, 0.6) is 0 Å². The van der Waals surface area contributed by atoms with Crippen LogP contribution in [0.1, 0.15) is 18.4 Å². The molecule has 2 aromatic carbocycles. The van der Waals surface area contributed by atoms with Crippen molar-refractivity contribution < 1.29 is 4.79 Å². The van der Waals surface area contributed by atoms with Gasteiger partial charge in [0.2, 0.25) is 5.91 Å². The van der Waals surface area contributed by atoms with Crippen LogP contribution in [-0.2, 0) is 11.3 Å². The van der Waals surface area contributed by atoms with Crippen molar-refractivity contribution in [3.05, 3.63) is 84.1 Å². The summed E-state index contributed by atoms with van der Waals surface area (Å²) in [5.74, 6) is 1.67. The zero-order valence-electron chi connectivity index (χ0n) is 21.1. The molecule has 4 aromatic rings. The van der Waals surface area contributed by atoms with Crippen molar-refractivity contribution in [3.8, 4) is 28.3 Å². The van der Waals surface area contributed by atoms with Crippen LogP contribution in [0.3, 0.4) is 0 Å². The van der Waals surface area contributed by atoms with Crippen molar-refractivity contribution in [2.75, 3.05) is 32.1 Å². The highest BCUT2D eigenvalue weighted by Gasteiger charge is 2.63. The lowest BCUT2D eigenvalue weighted by Gasteiger charge is -2.20. The van der Waals surface area contributed by atoms with Gasteiger partial charge in [0.05, 0.1) is 23.4 Å². The van der Waals surface area contributed by atoms with E-state index in [1.165, 1.54) is 0 Å². The largest absolute Gasteiger partial charge is 0.340 e. The first kappa shape index (κ1) is 22.1. The summed E-state index contributed by atoms with van der Waals surface area (Å²) in [6.07, 6.45) is 7.97. The maximum absolute atomic E-state index is 13.5. The summed E-state index contributed by atoms with van der Waals surface area (Å²) in [7, 11) is 4.17. The molecule has 7 rings (SSSR count). The Bertz CT molecular complexity index is 1590. The zero-order chi connectivity index (χ0) is 25.3. The highest BCUT2D eigenvalue weighted by atomic mass is 16.2. The number of hydrogen-bond donors (Lipinski definition) is 0. The number of amides is 1. The fraction of sp³-hybridized carbons (Fsp3) is 0.300. The summed E-state index contributed by atoms with van der Waals surface area (Å²) in [6, 6.07) is 16.3. The number of aromatic nitrogens is 3. The maximum atomic E-state index is 13.5. The van der Waals surface area contributed by atoms with Gasteiger partial charge in [-0.1, -0.05) is 24.3 Å². The van der Waals surface area contributed by atoms with Crippen LogP contribution < -0.4 is 4.90 Å². The summed E-state index contributed by atoms with van der Waals surface area (Å²) in [4.78, 5) is 26.0. The molecular weight excluding hydrogens is 460 g/mol. The van der Waals surface area contributed by atoms with Gasteiger partial charge < -0.3 is 14.4 Å². The monoisotopic (exact) mass is 488 g/mol. The van der Waals surface area contributed by atoms with Gasteiger partial charge in [-0.2, -0.15) is 0 Å². The van der Waals surface area contributed by atoms with Gasteiger partial charge in [0, 0.05) is 49.5 Å². The number of imidazole rings is 1. The van der Waals surface area contributed by atoms with E-state index in [4.69, 9.17) is 11.6 Å².